The van der Waals surface area contributed by atoms with Crippen molar-refractivity contribution < 1.29 is 0 Å². The van der Waals surface area contributed by atoms with Crippen molar-refractivity contribution in [2.75, 3.05) is 0 Å². The SMILES string of the molecule is c1ccc2c(-n3c4ccccc4c4cc(-c5ccc6c(c5)c5ccc7ccccc7c5n6-c5ccc(-c6ccc7c(c6)-c6cccc8cccc-7c68)cc5)ccc43)cccc2c1. The summed E-state index contributed by atoms with van der Waals surface area (Å²) in [6, 6.07) is 81.1. The summed E-state index contributed by atoms with van der Waals surface area (Å²) in [5.41, 5.74) is 17.4. The molecular formula is C60H36N2. The molecule has 0 aliphatic heterocycles. The second-order valence-electron chi connectivity index (χ2n) is 16.8. The van der Waals surface area contributed by atoms with E-state index in [1.165, 1.54) is 126 Å². The summed E-state index contributed by atoms with van der Waals surface area (Å²) in [6.45, 7) is 0. The van der Waals surface area contributed by atoms with Crippen LogP contribution in [-0.2, 0) is 0 Å². The summed E-state index contributed by atoms with van der Waals surface area (Å²) in [5, 5.41) is 12.7. The van der Waals surface area contributed by atoms with Gasteiger partial charge in [-0.1, -0.05) is 164 Å². The number of nitrogens with zero attached hydrogens (tertiary/aromatic N) is 2. The van der Waals surface area contributed by atoms with Gasteiger partial charge in [0.05, 0.1) is 27.8 Å². The number of benzene rings is 11. The van der Waals surface area contributed by atoms with E-state index < -0.39 is 0 Å². The quantitative estimate of drug-likeness (QED) is 0.168. The Hall–Kier alpha value is -8.20. The topological polar surface area (TPSA) is 9.86 Å². The first-order chi connectivity index (χ1) is 30.7. The van der Waals surface area contributed by atoms with Gasteiger partial charge in [-0.05, 0) is 121 Å². The van der Waals surface area contributed by atoms with Crippen LogP contribution < -0.4 is 0 Å². The fraction of sp³-hybridized carbons (Fsp3) is 0. The van der Waals surface area contributed by atoms with Crippen molar-refractivity contribution in [3.8, 4) is 55.9 Å². The second-order valence-corrected chi connectivity index (χ2v) is 16.8. The number of para-hydroxylation sites is 1. The van der Waals surface area contributed by atoms with Crippen molar-refractivity contribution in [1.29, 1.82) is 0 Å². The molecule has 2 nitrogen and oxygen atoms in total. The molecule has 0 unspecified atom stereocenters. The molecular weight excluding hydrogens is 749 g/mol. The molecule has 14 rings (SSSR count). The molecule has 0 spiro atoms. The molecule has 11 aromatic carbocycles. The molecule has 13 aromatic rings. The molecule has 0 saturated carbocycles. The van der Waals surface area contributed by atoms with E-state index in [0.717, 1.165) is 5.69 Å². The van der Waals surface area contributed by atoms with Crippen LogP contribution in [-0.4, -0.2) is 9.13 Å². The van der Waals surface area contributed by atoms with E-state index in [1.54, 1.807) is 0 Å². The van der Waals surface area contributed by atoms with E-state index in [-0.39, 0.29) is 0 Å². The predicted molar refractivity (Wildman–Crippen MR) is 263 cm³/mol. The van der Waals surface area contributed by atoms with Gasteiger partial charge < -0.3 is 9.13 Å². The highest BCUT2D eigenvalue weighted by Crippen LogP contribution is 2.48. The Morgan fingerprint density at radius 3 is 1.60 bits per heavy atom. The van der Waals surface area contributed by atoms with Gasteiger partial charge in [-0.25, -0.2) is 0 Å². The average Bonchev–Trinajstić information content (AvgIpc) is 3.97. The van der Waals surface area contributed by atoms with Gasteiger partial charge >= 0.3 is 0 Å². The highest BCUT2D eigenvalue weighted by Gasteiger charge is 2.22. The van der Waals surface area contributed by atoms with Crippen molar-refractivity contribution in [2.24, 2.45) is 0 Å². The molecule has 1 aliphatic rings. The minimum Gasteiger partial charge on any atom is -0.309 e. The zero-order valence-electron chi connectivity index (χ0n) is 33.7. The molecule has 0 fully saturated rings. The van der Waals surface area contributed by atoms with Crippen LogP contribution in [0.25, 0.3) is 132 Å². The molecule has 2 heteroatoms. The summed E-state index contributed by atoms with van der Waals surface area (Å²) in [5.74, 6) is 0. The molecule has 0 saturated heterocycles. The first kappa shape index (κ1) is 33.6. The van der Waals surface area contributed by atoms with E-state index in [9.17, 15) is 0 Å². The third-order valence-electron chi connectivity index (χ3n) is 13.6. The Labute approximate surface area is 357 Å². The standard InChI is InChI=1S/C60H36N2/c1-3-15-45-38(10-1)12-9-21-55(45)62-56-20-6-5-17-48(56)53-35-42(27-33-58(53)62)43-26-32-57-54(36-43)51-31-24-39-11-2-4-16-46(39)60(51)61(57)44-28-22-37(23-29-44)41-25-30-47-49-18-7-13-40-14-8-19-50(59(40)49)52(47)34-41/h1-36H. The van der Waals surface area contributed by atoms with Crippen LogP contribution in [0, 0.1) is 0 Å². The van der Waals surface area contributed by atoms with E-state index in [0.29, 0.717) is 0 Å². The second kappa shape index (κ2) is 12.7. The van der Waals surface area contributed by atoms with Crippen LogP contribution in [0.5, 0.6) is 0 Å². The number of hydrogen-bond donors (Lipinski definition) is 0. The lowest BCUT2D eigenvalue weighted by Gasteiger charge is -2.12. The van der Waals surface area contributed by atoms with Gasteiger partial charge in [0.1, 0.15) is 0 Å². The molecule has 0 N–H and O–H groups in total. The number of rotatable bonds is 4. The molecule has 1 aliphatic carbocycles. The van der Waals surface area contributed by atoms with Crippen LogP contribution in [0.15, 0.2) is 218 Å². The molecule has 2 aromatic heterocycles. The maximum Gasteiger partial charge on any atom is 0.0619 e. The molecule has 0 radical (unpaired) electrons. The van der Waals surface area contributed by atoms with Crippen LogP contribution in [0.3, 0.4) is 0 Å². The highest BCUT2D eigenvalue weighted by atomic mass is 15.0. The van der Waals surface area contributed by atoms with E-state index in [4.69, 9.17) is 0 Å². The minimum absolute atomic E-state index is 1.15. The molecule has 0 amide bonds. The summed E-state index contributed by atoms with van der Waals surface area (Å²) in [6.07, 6.45) is 0. The van der Waals surface area contributed by atoms with Gasteiger partial charge in [-0.15, -0.1) is 0 Å². The lowest BCUT2D eigenvalue weighted by molar-refractivity contribution is 1.19. The predicted octanol–water partition coefficient (Wildman–Crippen LogP) is 16.3. The maximum absolute atomic E-state index is 2.47. The molecule has 0 atom stereocenters. The largest absolute Gasteiger partial charge is 0.309 e. The first-order valence-corrected chi connectivity index (χ1v) is 21.5. The fourth-order valence-electron chi connectivity index (χ4n) is 10.8. The zero-order valence-corrected chi connectivity index (χ0v) is 33.7. The molecule has 286 valence electrons. The van der Waals surface area contributed by atoms with Crippen LogP contribution in [0.4, 0.5) is 0 Å². The van der Waals surface area contributed by atoms with Crippen molar-refractivity contribution in [2.45, 2.75) is 0 Å². The van der Waals surface area contributed by atoms with Gasteiger partial charge in [0.2, 0.25) is 0 Å². The number of hydrogen-bond acceptors (Lipinski definition) is 0. The fourth-order valence-corrected chi connectivity index (χ4v) is 10.8. The Morgan fingerprint density at radius 1 is 0.258 bits per heavy atom. The van der Waals surface area contributed by atoms with Gasteiger partial charge in [0.25, 0.3) is 0 Å². The highest BCUT2D eigenvalue weighted by molar-refractivity contribution is 6.20. The Morgan fingerprint density at radius 2 is 0.806 bits per heavy atom. The normalized spacial score (nSPS) is 12.2. The summed E-state index contributed by atoms with van der Waals surface area (Å²) >= 11 is 0. The van der Waals surface area contributed by atoms with E-state index in [1.807, 2.05) is 0 Å². The maximum atomic E-state index is 2.47. The first-order valence-electron chi connectivity index (χ1n) is 21.5. The summed E-state index contributed by atoms with van der Waals surface area (Å²) < 4.78 is 4.91. The van der Waals surface area contributed by atoms with Crippen molar-refractivity contribution in [1.82, 2.24) is 9.13 Å². The lowest BCUT2D eigenvalue weighted by Crippen LogP contribution is -1.95. The Kier molecular flexibility index (Phi) is 6.86. The smallest absolute Gasteiger partial charge is 0.0619 e. The van der Waals surface area contributed by atoms with Gasteiger partial charge in [0, 0.05) is 38.0 Å². The molecule has 62 heavy (non-hydrogen) atoms. The van der Waals surface area contributed by atoms with Crippen molar-refractivity contribution in [3.05, 3.63) is 218 Å². The summed E-state index contributed by atoms with van der Waals surface area (Å²) in [4.78, 5) is 0. The van der Waals surface area contributed by atoms with Crippen LogP contribution >= 0.6 is 0 Å². The van der Waals surface area contributed by atoms with Gasteiger partial charge in [-0.3, -0.25) is 0 Å². The van der Waals surface area contributed by atoms with Crippen LogP contribution in [0.1, 0.15) is 0 Å². The van der Waals surface area contributed by atoms with Gasteiger partial charge in [-0.2, -0.15) is 0 Å². The monoisotopic (exact) mass is 784 g/mol. The third-order valence-corrected chi connectivity index (χ3v) is 13.6. The lowest BCUT2D eigenvalue weighted by atomic mass is 9.97. The number of fused-ring (bicyclic) bond motifs is 12. The summed E-state index contributed by atoms with van der Waals surface area (Å²) in [7, 11) is 0. The van der Waals surface area contributed by atoms with E-state index >= 15 is 0 Å². The average molecular weight is 785 g/mol. The Balaban J connectivity index is 0.912. The van der Waals surface area contributed by atoms with Crippen molar-refractivity contribution in [3.63, 3.8) is 0 Å². The minimum atomic E-state index is 1.15. The van der Waals surface area contributed by atoms with Crippen LogP contribution in [0.2, 0.25) is 0 Å². The third kappa shape index (κ3) is 4.69. The van der Waals surface area contributed by atoms with Crippen molar-refractivity contribution >= 4 is 75.9 Å². The number of aromatic nitrogens is 2. The Bertz CT molecular complexity index is 4020. The van der Waals surface area contributed by atoms with Gasteiger partial charge in [0.15, 0.2) is 0 Å². The van der Waals surface area contributed by atoms with E-state index in [2.05, 4.69) is 228 Å². The molecule has 2 heterocycles. The zero-order chi connectivity index (χ0) is 40.5. The molecule has 0 bridgehead atoms.